The fourth-order valence-corrected chi connectivity index (χ4v) is 3.97. The van der Waals surface area contributed by atoms with Crippen LogP contribution in [0.3, 0.4) is 0 Å². The maximum atomic E-state index is 12.0. The van der Waals surface area contributed by atoms with Gasteiger partial charge in [-0.25, -0.2) is 17.9 Å². The summed E-state index contributed by atoms with van der Waals surface area (Å²) in [4.78, 5) is 10.6. The second-order valence-electron chi connectivity index (χ2n) is 3.51. The zero-order chi connectivity index (χ0) is 14.8. The fourth-order valence-electron chi connectivity index (χ4n) is 1.25. The summed E-state index contributed by atoms with van der Waals surface area (Å²) in [5, 5.41) is 1.36. The highest BCUT2D eigenvalue weighted by molar-refractivity contribution is 7.89. The highest BCUT2D eigenvalue weighted by Gasteiger charge is 2.33. The smallest absolute Gasteiger partial charge is 0.402 e. The van der Waals surface area contributed by atoms with Crippen molar-refractivity contribution >= 4 is 27.3 Å². The average molecular weight is 317 g/mol. The minimum atomic E-state index is -4.68. The highest BCUT2D eigenvalue weighted by atomic mass is 32.2. The Morgan fingerprint density at radius 3 is 2.53 bits per heavy atom. The van der Waals surface area contributed by atoms with Crippen molar-refractivity contribution in [1.29, 1.82) is 0 Å². The summed E-state index contributed by atoms with van der Waals surface area (Å²) in [7, 11) is -3.37. The van der Waals surface area contributed by atoms with Crippen LogP contribution in [-0.2, 0) is 14.8 Å². The van der Waals surface area contributed by atoms with Gasteiger partial charge in [0.1, 0.15) is 16.3 Å². The van der Waals surface area contributed by atoms with Crippen molar-refractivity contribution in [2.24, 2.45) is 0 Å². The molecule has 0 saturated heterocycles. The lowest BCUT2D eigenvalue weighted by atomic mass is 10.3. The summed E-state index contributed by atoms with van der Waals surface area (Å²) in [6.07, 6.45) is -4.68. The average Bonchev–Trinajstić information content (AvgIpc) is 2.67. The van der Waals surface area contributed by atoms with Crippen molar-refractivity contribution in [2.45, 2.75) is 18.0 Å². The quantitative estimate of drug-likeness (QED) is 0.858. The molecule has 1 N–H and O–H groups in total. The molecule has 1 heterocycles. The Balaban J connectivity index is 3.15. The Hall–Kier alpha value is -1.13. The molecule has 0 unspecified atom stereocenters. The maximum Gasteiger partial charge on any atom is 0.402 e. The number of sulfonamides is 1. The minimum absolute atomic E-state index is 0.181. The molecule has 0 saturated carbocycles. The minimum Gasteiger partial charge on any atom is -0.465 e. The first-order valence-corrected chi connectivity index (χ1v) is 7.17. The van der Waals surface area contributed by atoms with Crippen LogP contribution in [0.2, 0.25) is 0 Å². The predicted molar refractivity (Wildman–Crippen MR) is 61.6 cm³/mol. The first-order chi connectivity index (χ1) is 8.58. The van der Waals surface area contributed by atoms with E-state index in [9.17, 15) is 26.4 Å². The Bertz CT molecular complexity index is 577. The molecule has 0 atom stereocenters. The van der Waals surface area contributed by atoms with Crippen LogP contribution in [-0.4, -0.2) is 34.2 Å². The molecule has 0 aliphatic carbocycles. The van der Waals surface area contributed by atoms with Crippen molar-refractivity contribution in [1.82, 2.24) is 4.72 Å². The summed E-state index contributed by atoms with van der Waals surface area (Å²) in [5.41, 5.74) is 0.181. The number of carbonyl (C=O) groups is 1. The maximum absolute atomic E-state index is 12.0. The second-order valence-corrected chi connectivity index (χ2v) is 6.09. The molecule has 0 spiro atoms. The van der Waals surface area contributed by atoms with E-state index < -0.39 is 33.6 Å². The number of rotatable bonds is 4. The molecule has 0 fully saturated rings. The summed E-state index contributed by atoms with van der Waals surface area (Å²) in [6.45, 7) is -0.323. The van der Waals surface area contributed by atoms with Gasteiger partial charge in [-0.05, 0) is 17.9 Å². The van der Waals surface area contributed by atoms with E-state index in [2.05, 4.69) is 4.74 Å². The molecule has 0 amide bonds. The standard InChI is InChI=1S/C9H10F3NO4S2/c1-5-3-18-6(8(14)17-2)7(5)19(15,16)13-4-9(10,11)12/h3,13H,4H2,1-2H3. The third-order valence-corrected chi connectivity index (χ3v) is 4.82. The molecule has 0 bridgehead atoms. The van der Waals surface area contributed by atoms with E-state index in [1.807, 2.05) is 0 Å². The van der Waals surface area contributed by atoms with Crippen molar-refractivity contribution < 1.29 is 31.1 Å². The lowest BCUT2D eigenvalue weighted by molar-refractivity contribution is -0.121. The van der Waals surface area contributed by atoms with E-state index in [0.717, 1.165) is 18.4 Å². The third kappa shape index (κ3) is 3.91. The van der Waals surface area contributed by atoms with E-state index in [1.165, 1.54) is 17.0 Å². The molecule has 108 valence electrons. The van der Waals surface area contributed by atoms with E-state index in [4.69, 9.17) is 0 Å². The SMILES string of the molecule is COC(=O)c1scc(C)c1S(=O)(=O)NCC(F)(F)F. The Kier molecular flexibility index (Phi) is 4.59. The Morgan fingerprint density at radius 1 is 1.47 bits per heavy atom. The van der Waals surface area contributed by atoms with Gasteiger partial charge >= 0.3 is 12.1 Å². The lowest BCUT2D eigenvalue weighted by Gasteiger charge is -2.10. The van der Waals surface area contributed by atoms with Gasteiger partial charge in [0.25, 0.3) is 0 Å². The van der Waals surface area contributed by atoms with E-state index in [0.29, 0.717) is 0 Å². The van der Waals surface area contributed by atoms with E-state index >= 15 is 0 Å². The zero-order valence-corrected chi connectivity index (χ0v) is 11.5. The number of ether oxygens (including phenoxy) is 1. The summed E-state index contributed by atoms with van der Waals surface area (Å²) < 4.78 is 65.5. The topological polar surface area (TPSA) is 72.5 Å². The number of carbonyl (C=O) groups excluding carboxylic acids is 1. The van der Waals surface area contributed by atoms with Crippen LogP contribution < -0.4 is 4.72 Å². The van der Waals surface area contributed by atoms with Crippen LogP contribution in [0.5, 0.6) is 0 Å². The van der Waals surface area contributed by atoms with Gasteiger partial charge in [0, 0.05) is 0 Å². The van der Waals surface area contributed by atoms with Crippen LogP contribution in [0.1, 0.15) is 15.2 Å². The molecule has 0 radical (unpaired) electrons. The van der Waals surface area contributed by atoms with Gasteiger partial charge in [-0.15, -0.1) is 11.3 Å². The highest BCUT2D eigenvalue weighted by Crippen LogP contribution is 2.27. The number of nitrogens with one attached hydrogen (secondary N) is 1. The van der Waals surface area contributed by atoms with Crippen LogP contribution >= 0.6 is 11.3 Å². The normalized spacial score (nSPS) is 12.5. The van der Waals surface area contributed by atoms with Gasteiger partial charge in [-0.2, -0.15) is 13.2 Å². The predicted octanol–water partition coefficient (Wildman–Crippen LogP) is 1.68. The van der Waals surface area contributed by atoms with Crippen molar-refractivity contribution in [3.8, 4) is 0 Å². The van der Waals surface area contributed by atoms with Gasteiger partial charge in [0.2, 0.25) is 10.0 Å². The summed E-state index contributed by atoms with van der Waals surface area (Å²) in [6, 6.07) is 0. The van der Waals surface area contributed by atoms with Crippen LogP contribution in [0.25, 0.3) is 0 Å². The number of thiophene rings is 1. The van der Waals surface area contributed by atoms with Gasteiger partial charge < -0.3 is 4.74 Å². The lowest BCUT2D eigenvalue weighted by Crippen LogP contribution is -2.34. The van der Waals surface area contributed by atoms with Gasteiger partial charge in [0.05, 0.1) is 7.11 Å². The largest absolute Gasteiger partial charge is 0.465 e. The molecule has 5 nitrogen and oxygen atoms in total. The Labute approximate surface area is 111 Å². The number of halogens is 3. The van der Waals surface area contributed by atoms with Gasteiger partial charge in [0.15, 0.2) is 0 Å². The monoisotopic (exact) mass is 317 g/mol. The molecule has 1 aromatic heterocycles. The van der Waals surface area contributed by atoms with Crippen molar-refractivity contribution in [3.63, 3.8) is 0 Å². The van der Waals surface area contributed by atoms with E-state index in [1.54, 1.807) is 0 Å². The van der Waals surface area contributed by atoms with E-state index in [-0.39, 0.29) is 10.4 Å². The van der Waals surface area contributed by atoms with Crippen LogP contribution in [0.15, 0.2) is 10.3 Å². The molecule has 19 heavy (non-hydrogen) atoms. The molecule has 1 rings (SSSR count). The number of hydrogen-bond donors (Lipinski definition) is 1. The van der Waals surface area contributed by atoms with Crippen LogP contribution in [0.4, 0.5) is 13.2 Å². The van der Waals surface area contributed by atoms with Crippen LogP contribution in [0, 0.1) is 6.92 Å². The molecule has 0 aromatic carbocycles. The Morgan fingerprint density at radius 2 is 2.05 bits per heavy atom. The number of alkyl halides is 3. The van der Waals surface area contributed by atoms with Crippen molar-refractivity contribution in [3.05, 3.63) is 15.8 Å². The molecule has 1 aromatic rings. The molecule has 0 aliphatic heterocycles. The number of methoxy groups -OCH3 is 1. The summed E-state index contributed by atoms with van der Waals surface area (Å²) >= 11 is 0.794. The molecule has 0 aliphatic rings. The molecular formula is C9H10F3NO4S2. The fraction of sp³-hybridized carbons (Fsp3) is 0.444. The van der Waals surface area contributed by atoms with Crippen molar-refractivity contribution in [2.75, 3.05) is 13.7 Å². The number of hydrogen-bond acceptors (Lipinski definition) is 5. The number of aryl methyl sites for hydroxylation is 1. The first kappa shape index (κ1) is 15.9. The van der Waals surface area contributed by atoms with Gasteiger partial charge in [-0.3, -0.25) is 0 Å². The third-order valence-electron chi connectivity index (χ3n) is 2.02. The van der Waals surface area contributed by atoms with Gasteiger partial charge in [-0.1, -0.05) is 0 Å². The second kappa shape index (κ2) is 5.47. The number of esters is 1. The summed E-state index contributed by atoms with van der Waals surface area (Å²) in [5.74, 6) is -0.912. The first-order valence-electron chi connectivity index (χ1n) is 4.81. The molecule has 10 heteroatoms. The zero-order valence-electron chi connectivity index (χ0n) is 9.87. The molecular weight excluding hydrogens is 307 g/mol.